The summed E-state index contributed by atoms with van der Waals surface area (Å²) in [7, 11) is 0. The Morgan fingerprint density at radius 1 is 1.13 bits per heavy atom. The molecule has 1 saturated heterocycles. The number of hydrogen-bond acceptors (Lipinski definition) is 3. The van der Waals surface area contributed by atoms with E-state index in [1.54, 1.807) is 0 Å². The fourth-order valence-corrected chi connectivity index (χ4v) is 4.97. The van der Waals surface area contributed by atoms with Crippen LogP contribution in [0.25, 0.3) is 0 Å². The second-order valence-corrected chi connectivity index (χ2v) is 9.32. The van der Waals surface area contributed by atoms with Crippen molar-refractivity contribution in [2.75, 3.05) is 6.54 Å². The first kappa shape index (κ1) is 23.0. The summed E-state index contributed by atoms with van der Waals surface area (Å²) in [6.07, 6.45) is 11.1. The second-order valence-electron chi connectivity index (χ2n) is 8.91. The summed E-state index contributed by atoms with van der Waals surface area (Å²) >= 11 is 5.37. The highest BCUT2D eigenvalue weighted by Gasteiger charge is 2.35. The maximum absolute atomic E-state index is 12.2. The monoisotopic (exact) mass is 430 g/mol. The Balaban J connectivity index is 1.23. The lowest BCUT2D eigenvalue weighted by Gasteiger charge is -2.43. The first-order valence-electron chi connectivity index (χ1n) is 11.8. The third-order valence-corrected chi connectivity index (χ3v) is 6.65. The Morgan fingerprint density at radius 2 is 1.93 bits per heavy atom. The summed E-state index contributed by atoms with van der Waals surface area (Å²) < 4.78 is 0. The summed E-state index contributed by atoms with van der Waals surface area (Å²) in [5.74, 6) is 0.799. The molecule has 0 bridgehead atoms. The van der Waals surface area contributed by atoms with Crippen LogP contribution in [-0.2, 0) is 11.2 Å². The Morgan fingerprint density at radius 3 is 2.77 bits per heavy atom. The van der Waals surface area contributed by atoms with Crippen LogP contribution in [0.5, 0.6) is 0 Å². The SMILES string of the molecule is CC(CCc1ccccc1)NC(=O)CCCCCNC1NC(=S)NC2CCCCC21. The molecule has 30 heavy (non-hydrogen) atoms. The number of thiocarbonyl (C=S) groups is 1. The molecule has 5 nitrogen and oxygen atoms in total. The molecule has 1 saturated carbocycles. The smallest absolute Gasteiger partial charge is 0.220 e. The van der Waals surface area contributed by atoms with Crippen LogP contribution < -0.4 is 21.3 Å². The standard InChI is InChI=1S/C24H38N4OS/c1-18(15-16-19-10-4-2-5-11-19)26-22(29)14-6-3-9-17-25-23-20-12-7-8-13-21(20)27-24(30)28-23/h2,4-5,10-11,18,20-21,23,25H,3,6-9,12-17H2,1H3,(H,26,29)(H2,27,28,30). The van der Waals surface area contributed by atoms with Gasteiger partial charge in [-0.3, -0.25) is 10.1 Å². The number of carbonyl (C=O) groups is 1. The van der Waals surface area contributed by atoms with E-state index in [2.05, 4.69) is 52.5 Å². The summed E-state index contributed by atoms with van der Waals surface area (Å²) in [6.45, 7) is 3.07. The number of carbonyl (C=O) groups excluding carboxylic acids is 1. The lowest BCUT2D eigenvalue weighted by atomic mass is 9.81. The fraction of sp³-hybridized carbons (Fsp3) is 0.667. The molecule has 2 aliphatic rings. The molecule has 0 radical (unpaired) electrons. The molecular formula is C24H38N4OS. The zero-order valence-corrected chi connectivity index (χ0v) is 19.1. The zero-order chi connectivity index (χ0) is 21.2. The van der Waals surface area contributed by atoms with Gasteiger partial charge in [-0.05, 0) is 69.8 Å². The van der Waals surface area contributed by atoms with Crippen LogP contribution in [0.2, 0.25) is 0 Å². The van der Waals surface area contributed by atoms with E-state index in [0.29, 0.717) is 18.4 Å². The number of aryl methyl sites for hydroxylation is 1. The quantitative estimate of drug-likeness (QED) is 0.319. The Hall–Kier alpha value is -1.66. The minimum Gasteiger partial charge on any atom is -0.360 e. The molecule has 0 aromatic heterocycles. The number of rotatable bonds is 11. The first-order chi connectivity index (χ1) is 14.6. The van der Waals surface area contributed by atoms with Crippen molar-refractivity contribution in [2.45, 2.75) is 89.4 Å². The summed E-state index contributed by atoms with van der Waals surface area (Å²) in [5.41, 5.74) is 1.33. The van der Waals surface area contributed by atoms with Gasteiger partial charge in [-0.15, -0.1) is 0 Å². The number of hydrogen-bond donors (Lipinski definition) is 4. The molecule has 1 aliphatic carbocycles. The van der Waals surface area contributed by atoms with Crippen molar-refractivity contribution in [1.29, 1.82) is 0 Å². The van der Waals surface area contributed by atoms with E-state index in [-0.39, 0.29) is 18.1 Å². The summed E-state index contributed by atoms with van der Waals surface area (Å²) in [4.78, 5) is 12.2. The minimum absolute atomic E-state index is 0.180. The van der Waals surface area contributed by atoms with E-state index in [1.165, 1.54) is 31.2 Å². The largest absolute Gasteiger partial charge is 0.360 e. The van der Waals surface area contributed by atoms with Crippen molar-refractivity contribution < 1.29 is 4.79 Å². The van der Waals surface area contributed by atoms with Gasteiger partial charge in [0, 0.05) is 24.4 Å². The van der Waals surface area contributed by atoms with Crippen molar-refractivity contribution in [3.63, 3.8) is 0 Å². The molecule has 4 unspecified atom stereocenters. The molecular weight excluding hydrogens is 392 g/mol. The summed E-state index contributed by atoms with van der Waals surface area (Å²) in [6, 6.07) is 11.2. The number of benzene rings is 1. The number of unbranched alkanes of at least 4 members (excludes halogenated alkanes) is 2. The highest BCUT2D eigenvalue weighted by Crippen LogP contribution is 2.28. The third-order valence-electron chi connectivity index (χ3n) is 6.41. The average Bonchev–Trinajstić information content (AvgIpc) is 2.75. The van der Waals surface area contributed by atoms with Crippen molar-refractivity contribution in [3.05, 3.63) is 35.9 Å². The van der Waals surface area contributed by atoms with Crippen LogP contribution >= 0.6 is 12.2 Å². The molecule has 1 amide bonds. The molecule has 6 heteroatoms. The van der Waals surface area contributed by atoms with Gasteiger partial charge in [0.25, 0.3) is 0 Å². The number of amides is 1. The van der Waals surface area contributed by atoms with Crippen molar-refractivity contribution >= 4 is 23.2 Å². The van der Waals surface area contributed by atoms with Crippen LogP contribution in [0.4, 0.5) is 0 Å². The molecule has 1 aromatic carbocycles. The molecule has 0 spiro atoms. The highest BCUT2D eigenvalue weighted by molar-refractivity contribution is 7.80. The molecule has 3 rings (SSSR count). The van der Waals surface area contributed by atoms with Crippen molar-refractivity contribution in [2.24, 2.45) is 5.92 Å². The lowest BCUT2D eigenvalue weighted by Crippen LogP contribution is -2.65. The second kappa shape index (κ2) is 12.3. The average molecular weight is 431 g/mol. The first-order valence-corrected chi connectivity index (χ1v) is 12.2. The Bertz CT molecular complexity index is 668. The maximum atomic E-state index is 12.2. The predicted molar refractivity (Wildman–Crippen MR) is 127 cm³/mol. The van der Waals surface area contributed by atoms with Gasteiger partial charge in [-0.25, -0.2) is 0 Å². The number of fused-ring (bicyclic) bond motifs is 1. The third kappa shape index (κ3) is 7.55. The van der Waals surface area contributed by atoms with Gasteiger partial charge >= 0.3 is 0 Å². The molecule has 4 atom stereocenters. The molecule has 1 aromatic rings. The van der Waals surface area contributed by atoms with Gasteiger partial charge in [-0.1, -0.05) is 49.6 Å². The predicted octanol–water partition coefficient (Wildman–Crippen LogP) is 3.64. The van der Waals surface area contributed by atoms with E-state index in [4.69, 9.17) is 12.2 Å². The van der Waals surface area contributed by atoms with Crippen LogP contribution in [0.3, 0.4) is 0 Å². The fourth-order valence-electron chi connectivity index (χ4n) is 4.69. The van der Waals surface area contributed by atoms with Gasteiger partial charge in [0.1, 0.15) is 0 Å². The minimum atomic E-state index is 0.180. The van der Waals surface area contributed by atoms with Gasteiger partial charge in [-0.2, -0.15) is 0 Å². The van der Waals surface area contributed by atoms with E-state index in [1.807, 2.05) is 6.07 Å². The van der Waals surface area contributed by atoms with Crippen LogP contribution in [0, 0.1) is 5.92 Å². The van der Waals surface area contributed by atoms with E-state index >= 15 is 0 Å². The van der Waals surface area contributed by atoms with Crippen molar-refractivity contribution in [1.82, 2.24) is 21.3 Å². The maximum Gasteiger partial charge on any atom is 0.220 e. The molecule has 166 valence electrons. The van der Waals surface area contributed by atoms with Crippen LogP contribution in [0.1, 0.15) is 70.3 Å². The van der Waals surface area contributed by atoms with Gasteiger partial charge in [0.05, 0.1) is 6.17 Å². The number of nitrogens with one attached hydrogen (secondary N) is 4. The van der Waals surface area contributed by atoms with E-state index < -0.39 is 0 Å². The van der Waals surface area contributed by atoms with Crippen LogP contribution in [0.15, 0.2) is 30.3 Å². The Kier molecular flexibility index (Phi) is 9.40. The van der Waals surface area contributed by atoms with Crippen molar-refractivity contribution in [3.8, 4) is 0 Å². The topological polar surface area (TPSA) is 65.2 Å². The molecule has 1 heterocycles. The molecule has 2 fully saturated rings. The van der Waals surface area contributed by atoms with Gasteiger partial charge in [0.2, 0.25) is 5.91 Å². The van der Waals surface area contributed by atoms with Gasteiger partial charge < -0.3 is 16.0 Å². The molecule has 1 aliphatic heterocycles. The molecule has 4 N–H and O–H groups in total. The van der Waals surface area contributed by atoms with E-state index in [9.17, 15) is 4.79 Å². The Labute approximate surface area is 187 Å². The van der Waals surface area contributed by atoms with Gasteiger partial charge in [0.15, 0.2) is 5.11 Å². The normalized spacial score (nSPS) is 24.3. The zero-order valence-electron chi connectivity index (χ0n) is 18.3. The summed E-state index contributed by atoms with van der Waals surface area (Å²) in [5, 5.41) is 14.4. The van der Waals surface area contributed by atoms with Crippen LogP contribution in [-0.4, -0.2) is 35.8 Å². The van der Waals surface area contributed by atoms with E-state index in [0.717, 1.165) is 43.8 Å². The highest BCUT2D eigenvalue weighted by atomic mass is 32.1. The lowest BCUT2D eigenvalue weighted by molar-refractivity contribution is -0.121.